The smallest absolute Gasteiger partial charge is 0.193 e. The minimum atomic E-state index is -0.215. The summed E-state index contributed by atoms with van der Waals surface area (Å²) in [5.41, 5.74) is 0.500. The third kappa shape index (κ3) is 3.24. The summed E-state index contributed by atoms with van der Waals surface area (Å²) in [5, 5.41) is 11.0. The van der Waals surface area contributed by atoms with Gasteiger partial charge in [0.1, 0.15) is 17.3 Å². The Bertz CT molecular complexity index is 944. The third-order valence-corrected chi connectivity index (χ3v) is 3.82. The summed E-state index contributed by atoms with van der Waals surface area (Å²) < 4.78 is 11.3. The molecule has 0 atom stereocenters. The molecule has 0 aliphatic carbocycles. The van der Waals surface area contributed by atoms with Gasteiger partial charge in [-0.25, -0.2) is 0 Å². The first-order chi connectivity index (χ1) is 11.5. The zero-order valence-electron chi connectivity index (χ0n) is 13.4. The topological polar surface area (TPSA) is 59.7 Å². The molecule has 0 saturated heterocycles. The molecule has 24 heavy (non-hydrogen) atoms. The Kier molecular flexibility index (Phi) is 4.49. The Morgan fingerprint density at radius 3 is 2.71 bits per heavy atom. The highest BCUT2D eigenvalue weighted by Crippen LogP contribution is 2.34. The van der Waals surface area contributed by atoms with Gasteiger partial charge in [0, 0.05) is 12.1 Å². The molecule has 3 rings (SSSR count). The molecule has 0 aliphatic heterocycles. The lowest BCUT2D eigenvalue weighted by molar-refractivity contribution is 0.270. The molecule has 0 saturated carbocycles. The molecule has 1 N–H and O–H groups in total. The zero-order valence-corrected chi connectivity index (χ0v) is 14.1. The number of phenolic OH excluding ortho intramolecular Hbond substituents is 1. The van der Waals surface area contributed by atoms with Crippen molar-refractivity contribution >= 4 is 22.6 Å². The van der Waals surface area contributed by atoms with Crippen LogP contribution < -0.4 is 10.2 Å². The third-order valence-electron chi connectivity index (χ3n) is 3.52. The fourth-order valence-corrected chi connectivity index (χ4v) is 2.56. The summed E-state index contributed by atoms with van der Waals surface area (Å²) >= 11 is 6.11. The van der Waals surface area contributed by atoms with E-state index in [-0.39, 0.29) is 16.9 Å². The van der Waals surface area contributed by atoms with Gasteiger partial charge in [-0.05, 0) is 30.2 Å². The molecular weight excluding hydrogens is 328 g/mol. The van der Waals surface area contributed by atoms with Crippen LogP contribution in [0.3, 0.4) is 0 Å². The maximum Gasteiger partial charge on any atom is 0.193 e. The Labute approximate surface area is 144 Å². The van der Waals surface area contributed by atoms with Gasteiger partial charge < -0.3 is 14.3 Å². The predicted molar refractivity (Wildman–Crippen MR) is 94.9 cm³/mol. The molecule has 2 aromatic carbocycles. The molecule has 0 fully saturated rings. The van der Waals surface area contributed by atoms with Crippen molar-refractivity contribution in [1.29, 1.82) is 0 Å². The minimum absolute atomic E-state index is 0.0224. The largest absolute Gasteiger partial charge is 0.507 e. The van der Waals surface area contributed by atoms with E-state index in [9.17, 15) is 9.90 Å². The van der Waals surface area contributed by atoms with Gasteiger partial charge >= 0.3 is 0 Å². The zero-order chi connectivity index (χ0) is 17.3. The number of aromatic hydroxyl groups is 1. The maximum atomic E-state index is 12.3. The van der Waals surface area contributed by atoms with Gasteiger partial charge in [0.2, 0.25) is 0 Å². The van der Waals surface area contributed by atoms with E-state index in [1.165, 1.54) is 12.1 Å². The Morgan fingerprint density at radius 2 is 2.00 bits per heavy atom. The number of benzene rings is 2. The summed E-state index contributed by atoms with van der Waals surface area (Å²) in [6.07, 6.45) is 0. The first kappa shape index (κ1) is 16.4. The van der Waals surface area contributed by atoms with E-state index < -0.39 is 0 Å². The molecule has 4 nitrogen and oxygen atoms in total. The van der Waals surface area contributed by atoms with E-state index in [2.05, 4.69) is 0 Å². The second kappa shape index (κ2) is 6.57. The normalized spacial score (nSPS) is 11.2. The molecular formula is C19H17ClO4. The number of hydrogen-bond acceptors (Lipinski definition) is 4. The quantitative estimate of drug-likeness (QED) is 0.734. The van der Waals surface area contributed by atoms with Crippen LogP contribution in [0.25, 0.3) is 22.3 Å². The molecule has 0 bridgehead atoms. The lowest BCUT2D eigenvalue weighted by Crippen LogP contribution is -2.04. The van der Waals surface area contributed by atoms with Crippen LogP contribution in [0, 0.1) is 5.92 Å². The van der Waals surface area contributed by atoms with Crippen molar-refractivity contribution in [2.24, 2.45) is 5.92 Å². The first-order valence-corrected chi connectivity index (χ1v) is 8.02. The molecule has 1 aromatic heterocycles. The van der Waals surface area contributed by atoms with Crippen LogP contribution in [0.1, 0.15) is 13.8 Å². The number of ether oxygens (including phenoxy) is 1. The monoisotopic (exact) mass is 344 g/mol. The lowest BCUT2D eigenvalue weighted by Gasteiger charge is -2.11. The molecule has 0 amide bonds. The van der Waals surface area contributed by atoms with E-state index in [1.54, 1.807) is 30.3 Å². The number of hydrogen-bond donors (Lipinski definition) is 1. The Balaban J connectivity index is 2.04. The van der Waals surface area contributed by atoms with Gasteiger partial charge in [0.15, 0.2) is 11.0 Å². The molecule has 1 heterocycles. The average Bonchev–Trinajstić information content (AvgIpc) is 2.54. The van der Waals surface area contributed by atoms with Crippen molar-refractivity contribution < 1.29 is 14.3 Å². The standard InChI is InChI=1S/C19H17ClO4/c1-11(2)10-23-12-6-7-13(16(21)8-12)18-9-17(22)14-4-3-5-15(20)19(14)24-18/h3-9,11,21H,10H2,1-2H3. The van der Waals surface area contributed by atoms with Gasteiger partial charge in [-0.2, -0.15) is 0 Å². The fourth-order valence-electron chi connectivity index (χ4n) is 2.35. The van der Waals surface area contributed by atoms with Crippen molar-refractivity contribution in [1.82, 2.24) is 0 Å². The molecule has 0 aliphatic rings. The highest BCUT2D eigenvalue weighted by Gasteiger charge is 2.13. The lowest BCUT2D eigenvalue weighted by atomic mass is 10.1. The van der Waals surface area contributed by atoms with Crippen LogP contribution in [0.15, 0.2) is 51.7 Å². The summed E-state index contributed by atoms with van der Waals surface area (Å²) in [5.74, 6) is 1.18. The van der Waals surface area contributed by atoms with Crippen LogP contribution >= 0.6 is 11.6 Å². The molecule has 0 unspecified atom stereocenters. The highest BCUT2D eigenvalue weighted by molar-refractivity contribution is 6.34. The van der Waals surface area contributed by atoms with E-state index in [0.717, 1.165) is 0 Å². The Hall–Kier alpha value is -2.46. The summed E-state index contributed by atoms with van der Waals surface area (Å²) in [4.78, 5) is 12.3. The van der Waals surface area contributed by atoms with Crippen LogP contribution in [0.4, 0.5) is 0 Å². The number of halogens is 1. The number of phenols is 1. The van der Waals surface area contributed by atoms with Crippen LogP contribution in [0.2, 0.25) is 5.02 Å². The van der Waals surface area contributed by atoms with Crippen molar-refractivity contribution in [2.75, 3.05) is 6.61 Å². The second-order valence-corrected chi connectivity index (χ2v) is 6.38. The van der Waals surface area contributed by atoms with Crippen LogP contribution in [0.5, 0.6) is 11.5 Å². The van der Waals surface area contributed by atoms with E-state index in [4.69, 9.17) is 20.8 Å². The van der Waals surface area contributed by atoms with Crippen LogP contribution in [-0.2, 0) is 0 Å². The molecule has 0 spiro atoms. The highest BCUT2D eigenvalue weighted by atomic mass is 35.5. The minimum Gasteiger partial charge on any atom is -0.507 e. The maximum absolute atomic E-state index is 12.3. The van der Waals surface area contributed by atoms with Crippen LogP contribution in [-0.4, -0.2) is 11.7 Å². The number of para-hydroxylation sites is 1. The molecule has 124 valence electrons. The van der Waals surface area contributed by atoms with Crippen molar-refractivity contribution in [3.63, 3.8) is 0 Å². The SMILES string of the molecule is CC(C)COc1ccc(-c2cc(=O)c3cccc(Cl)c3o2)c(O)c1. The molecule has 0 radical (unpaired) electrons. The first-order valence-electron chi connectivity index (χ1n) is 7.64. The van der Waals surface area contributed by atoms with Gasteiger partial charge in [0.05, 0.1) is 22.6 Å². The predicted octanol–water partition coefficient (Wildman–Crippen LogP) is 4.85. The molecule has 5 heteroatoms. The van der Waals surface area contributed by atoms with Gasteiger partial charge in [0.25, 0.3) is 0 Å². The number of rotatable bonds is 4. The van der Waals surface area contributed by atoms with Gasteiger partial charge in [-0.1, -0.05) is 31.5 Å². The summed E-state index contributed by atoms with van der Waals surface area (Å²) in [6, 6.07) is 11.2. The summed E-state index contributed by atoms with van der Waals surface area (Å²) in [7, 11) is 0. The second-order valence-electron chi connectivity index (χ2n) is 5.98. The van der Waals surface area contributed by atoms with Gasteiger partial charge in [-0.3, -0.25) is 4.79 Å². The number of fused-ring (bicyclic) bond motifs is 1. The average molecular weight is 345 g/mol. The van der Waals surface area contributed by atoms with Crippen molar-refractivity contribution in [3.8, 4) is 22.8 Å². The van der Waals surface area contributed by atoms with E-state index in [0.29, 0.717) is 39.8 Å². The molecule has 3 aromatic rings. The van der Waals surface area contributed by atoms with Crippen molar-refractivity contribution in [2.45, 2.75) is 13.8 Å². The Morgan fingerprint density at radius 1 is 1.21 bits per heavy atom. The van der Waals surface area contributed by atoms with E-state index >= 15 is 0 Å². The van der Waals surface area contributed by atoms with Crippen molar-refractivity contribution in [3.05, 3.63) is 57.7 Å². The fraction of sp³-hybridized carbons (Fsp3) is 0.211. The van der Waals surface area contributed by atoms with Gasteiger partial charge in [-0.15, -0.1) is 0 Å². The van der Waals surface area contributed by atoms with E-state index in [1.807, 2.05) is 13.8 Å². The summed E-state index contributed by atoms with van der Waals surface area (Å²) in [6.45, 7) is 4.64.